The molecule has 1 aromatic carbocycles. The van der Waals surface area contributed by atoms with E-state index in [0.29, 0.717) is 6.42 Å². The molecule has 1 rings (SSSR count). The van der Waals surface area contributed by atoms with Crippen molar-refractivity contribution in [2.75, 3.05) is 0 Å². The van der Waals surface area contributed by atoms with Crippen LogP contribution in [0.25, 0.3) is 0 Å². The quantitative estimate of drug-likeness (QED) is 0.756. The van der Waals surface area contributed by atoms with Crippen LogP contribution in [0.3, 0.4) is 0 Å². The molecule has 0 heterocycles. The number of nitrogens with one attached hydrogen (secondary N) is 1. The van der Waals surface area contributed by atoms with E-state index < -0.39 is 28.0 Å². The fourth-order valence-corrected chi connectivity index (χ4v) is 3.44. The molecule has 0 aromatic heterocycles. The maximum atomic E-state index is 12.9. The molecule has 1 unspecified atom stereocenters. The Kier molecular flexibility index (Phi) is 6.71. The van der Waals surface area contributed by atoms with E-state index in [0.717, 1.165) is 17.7 Å². The zero-order chi connectivity index (χ0) is 16.9. The molecule has 0 aliphatic carbocycles. The average Bonchev–Trinajstić information content (AvgIpc) is 2.43. The SMILES string of the molecule is CC[C@H](C)[C@H](NS(=O)(=O)c1ccc(F)cc1)C(O)C=C(C)C. The minimum atomic E-state index is -3.82. The molecule has 0 radical (unpaired) electrons. The summed E-state index contributed by atoms with van der Waals surface area (Å²) in [5, 5.41) is 10.3. The van der Waals surface area contributed by atoms with Crippen molar-refractivity contribution >= 4 is 10.0 Å². The largest absolute Gasteiger partial charge is 0.387 e. The summed E-state index contributed by atoms with van der Waals surface area (Å²) in [6.45, 7) is 7.48. The highest BCUT2D eigenvalue weighted by Gasteiger charge is 2.28. The number of hydrogen-bond donors (Lipinski definition) is 2. The normalized spacial score (nSPS) is 15.9. The van der Waals surface area contributed by atoms with Crippen LogP contribution in [0.1, 0.15) is 34.1 Å². The zero-order valence-electron chi connectivity index (χ0n) is 13.4. The number of benzene rings is 1. The second-order valence-electron chi connectivity index (χ2n) is 5.72. The molecule has 0 aliphatic rings. The number of allylic oxidation sites excluding steroid dienone is 1. The molecule has 0 bridgehead atoms. The van der Waals surface area contributed by atoms with Crippen molar-refractivity contribution in [1.82, 2.24) is 4.72 Å². The summed E-state index contributed by atoms with van der Waals surface area (Å²) in [6.07, 6.45) is 1.42. The molecule has 124 valence electrons. The fourth-order valence-electron chi connectivity index (χ4n) is 2.08. The number of sulfonamides is 1. The third-order valence-electron chi connectivity index (χ3n) is 3.54. The standard InChI is InChI=1S/C16H24FNO3S/c1-5-12(4)16(15(19)10-11(2)3)18-22(20,21)14-8-6-13(17)7-9-14/h6-10,12,15-16,18-19H,5H2,1-4H3/t12-,15?,16-/m0/s1. The summed E-state index contributed by atoms with van der Waals surface area (Å²) in [6, 6.07) is 3.96. The van der Waals surface area contributed by atoms with Crippen LogP contribution < -0.4 is 4.72 Å². The van der Waals surface area contributed by atoms with E-state index in [1.54, 1.807) is 6.08 Å². The predicted molar refractivity (Wildman–Crippen MR) is 85.4 cm³/mol. The fraction of sp³-hybridized carbons (Fsp3) is 0.500. The second kappa shape index (κ2) is 7.85. The van der Waals surface area contributed by atoms with Crippen LogP contribution in [-0.2, 0) is 10.0 Å². The Hall–Kier alpha value is -1.24. The summed E-state index contributed by atoms with van der Waals surface area (Å²) in [5.41, 5.74) is 0.904. The Morgan fingerprint density at radius 1 is 1.32 bits per heavy atom. The van der Waals surface area contributed by atoms with Gasteiger partial charge in [0.2, 0.25) is 10.0 Å². The van der Waals surface area contributed by atoms with E-state index in [4.69, 9.17) is 0 Å². The molecule has 0 amide bonds. The molecule has 0 saturated carbocycles. The van der Waals surface area contributed by atoms with E-state index in [2.05, 4.69) is 4.72 Å². The summed E-state index contributed by atoms with van der Waals surface area (Å²) >= 11 is 0. The van der Waals surface area contributed by atoms with Gasteiger partial charge in [-0.15, -0.1) is 0 Å². The van der Waals surface area contributed by atoms with Crippen LogP contribution in [0.2, 0.25) is 0 Å². The van der Waals surface area contributed by atoms with Gasteiger partial charge in [0.25, 0.3) is 0 Å². The van der Waals surface area contributed by atoms with Gasteiger partial charge < -0.3 is 5.11 Å². The molecule has 0 fully saturated rings. The Morgan fingerprint density at radius 3 is 2.32 bits per heavy atom. The second-order valence-corrected chi connectivity index (χ2v) is 7.44. The molecule has 0 saturated heterocycles. The van der Waals surface area contributed by atoms with Crippen molar-refractivity contribution in [3.8, 4) is 0 Å². The van der Waals surface area contributed by atoms with Crippen LogP contribution in [0.4, 0.5) is 4.39 Å². The van der Waals surface area contributed by atoms with Gasteiger partial charge in [-0.05, 0) is 44.0 Å². The van der Waals surface area contributed by atoms with Crippen molar-refractivity contribution in [2.24, 2.45) is 5.92 Å². The van der Waals surface area contributed by atoms with Gasteiger partial charge in [-0.2, -0.15) is 0 Å². The van der Waals surface area contributed by atoms with Crippen molar-refractivity contribution < 1.29 is 17.9 Å². The number of rotatable bonds is 7. The first-order chi connectivity index (χ1) is 10.2. The summed E-state index contributed by atoms with van der Waals surface area (Å²) in [4.78, 5) is -0.0217. The molecule has 0 spiro atoms. The molecule has 6 heteroatoms. The maximum absolute atomic E-state index is 12.9. The van der Waals surface area contributed by atoms with Gasteiger partial charge in [0.1, 0.15) is 5.82 Å². The Balaban J connectivity index is 3.07. The number of halogens is 1. The van der Waals surface area contributed by atoms with Gasteiger partial charge in [-0.25, -0.2) is 17.5 Å². The molecule has 22 heavy (non-hydrogen) atoms. The third kappa shape index (κ3) is 5.19. The Labute approximate surface area is 132 Å². The Bertz CT molecular complexity index is 607. The summed E-state index contributed by atoms with van der Waals surface area (Å²) in [7, 11) is -3.82. The van der Waals surface area contributed by atoms with Crippen molar-refractivity contribution in [3.05, 3.63) is 41.7 Å². The van der Waals surface area contributed by atoms with Crippen LogP contribution in [-0.4, -0.2) is 25.7 Å². The van der Waals surface area contributed by atoms with E-state index in [9.17, 15) is 17.9 Å². The zero-order valence-corrected chi connectivity index (χ0v) is 14.2. The highest BCUT2D eigenvalue weighted by atomic mass is 32.2. The molecular formula is C16H24FNO3S. The monoisotopic (exact) mass is 329 g/mol. The number of aliphatic hydroxyl groups excluding tert-OH is 1. The molecule has 1 aromatic rings. The highest BCUT2D eigenvalue weighted by molar-refractivity contribution is 7.89. The van der Waals surface area contributed by atoms with Gasteiger partial charge in [-0.3, -0.25) is 0 Å². The minimum absolute atomic E-state index is 0.0217. The summed E-state index contributed by atoms with van der Waals surface area (Å²) < 4.78 is 40.3. The van der Waals surface area contributed by atoms with Crippen LogP contribution in [0, 0.1) is 11.7 Å². The van der Waals surface area contributed by atoms with Crippen LogP contribution in [0.15, 0.2) is 40.8 Å². The topological polar surface area (TPSA) is 66.4 Å². The lowest BCUT2D eigenvalue weighted by atomic mass is 9.94. The third-order valence-corrected chi connectivity index (χ3v) is 5.02. The van der Waals surface area contributed by atoms with Crippen molar-refractivity contribution in [2.45, 2.75) is 51.2 Å². The lowest BCUT2D eigenvalue weighted by Gasteiger charge is -2.27. The molecular weight excluding hydrogens is 305 g/mol. The first-order valence-corrected chi connectivity index (χ1v) is 8.76. The maximum Gasteiger partial charge on any atom is 0.240 e. The van der Waals surface area contributed by atoms with Gasteiger partial charge >= 0.3 is 0 Å². The minimum Gasteiger partial charge on any atom is -0.387 e. The van der Waals surface area contributed by atoms with Crippen molar-refractivity contribution in [3.63, 3.8) is 0 Å². The summed E-state index contributed by atoms with van der Waals surface area (Å²) in [5.74, 6) is -0.553. The van der Waals surface area contributed by atoms with Crippen LogP contribution >= 0.6 is 0 Å². The van der Waals surface area contributed by atoms with Crippen molar-refractivity contribution in [1.29, 1.82) is 0 Å². The number of aliphatic hydroxyl groups is 1. The molecule has 0 aliphatic heterocycles. The predicted octanol–water partition coefficient (Wildman–Crippen LogP) is 2.85. The smallest absolute Gasteiger partial charge is 0.240 e. The lowest BCUT2D eigenvalue weighted by molar-refractivity contribution is 0.152. The van der Waals surface area contributed by atoms with E-state index in [-0.39, 0.29) is 10.8 Å². The van der Waals surface area contributed by atoms with E-state index in [1.165, 1.54) is 12.1 Å². The lowest BCUT2D eigenvalue weighted by Crippen LogP contribution is -2.46. The molecule has 3 atom stereocenters. The van der Waals surface area contributed by atoms with E-state index in [1.807, 2.05) is 27.7 Å². The highest BCUT2D eigenvalue weighted by Crippen LogP contribution is 2.18. The van der Waals surface area contributed by atoms with Gasteiger partial charge in [0.05, 0.1) is 17.0 Å². The molecule has 4 nitrogen and oxygen atoms in total. The van der Waals surface area contributed by atoms with E-state index >= 15 is 0 Å². The molecule has 2 N–H and O–H groups in total. The average molecular weight is 329 g/mol. The first kappa shape index (κ1) is 18.8. The van der Waals surface area contributed by atoms with Gasteiger partial charge in [0.15, 0.2) is 0 Å². The van der Waals surface area contributed by atoms with Gasteiger partial charge in [0, 0.05) is 0 Å². The first-order valence-electron chi connectivity index (χ1n) is 7.28. The van der Waals surface area contributed by atoms with Crippen LogP contribution in [0.5, 0.6) is 0 Å². The number of hydrogen-bond acceptors (Lipinski definition) is 3. The van der Waals surface area contributed by atoms with Gasteiger partial charge in [-0.1, -0.05) is 31.9 Å². The Morgan fingerprint density at radius 2 is 1.86 bits per heavy atom.